The quantitative estimate of drug-likeness (QED) is 0.129. The monoisotopic (exact) mass is 574 g/mol. The van der Waals surface area contributed by atoms with Gasteiger partial charge in [0.1, 0.15) is 23.7 Å². The number of nitrogens with zero attached hydrogens (tertiary/aromatic N) is 4. The molecule has 0 bridgehead atoms. The lowest BCUT2D eigenvalue weighted by atomic mass is 10.1. The van der Waals surface area contributed by atoms with Crippen molar-refractivity contribution in [2.45, 2.75) is 50.3 Å². The molecule has 3 N–H and O–H groups in total. The van der Waals surface area contributed by atoms with E-state index in [2.05, 4.69) is 26.9 Å². The minimum Gasteiger partial charge on any atom is -0.373 e. The Morgan fingerprint density at radius 2 is 1.80 bits per heavy atom. The molecule has 214 valence electrons. The molecule has 0 unspecified atom stereocenters. The Bertz CT molecular complexity index is 1510. The lowest BCUT2D eigenvalue weighted by molar-refractivity contribution is -0.120. The average molecular weight is 575 g/mol. The highest BCUT2D eigenvalue weighted by molar-refractivity contribution is 6.86. The lowest BCUT2D eigenvalue weighted by Crippen LogP contribution is -2.64. The third-order valence-electron chi connectivity index (χ3n) is 6.75. The summed E-state index contributed by atoms with van der Waals surface area (Å²) in [6.07, 6.45) is 0.459. The summed E-state index contributed by atoms with van der Waals surface area (Å²) in [6.45, 7) is 5.80. The number of aromatic amines is 1. The summed E-state index contributed by atoms with van der Waals surface area (Å²) in [7, 11) is -2.54. The van der Waals surface area contributed by atoms with Crippen molar-refractivity contribution >= 4 is 19.2 Å². The second kappa shape index (κ2) is 13.1. The van der Waals surface area contributed by atoms with Gasteiger partial charge < -0.3 is 19.9 Å². The molecule has 0 radical (unpaired) electrons. The van der Waals surface area contributed by atoms with Crippen LogP contribution in [0.25, 0.3) is 10.4 Å². The minimum atomic E-state index is -2.54. The summed E-state index contributed by atoms with van der Waals surface area (Å²) in [6, 6.07) is 19.8. The predicted octanol–water partition coefficient (Wildman–Crippen LogP) is 1.34. The number of benzene rings is 2. The number of azide groups is 1. The number of hydrogen-bond acceptors (Lipinski definition) is 7. The molecule has 0 amide bonds. The largest absolute Gasteiger partial charge is 0.373 e. The number of aromatic nitrogens is 2. The van der Waals surface area contributed by atoms with Crippen molar-refractivity contribution in [3.8, 4) is 11.8 Å². The fourth-order valence-electron chi connectivity index (χ4n) is 5.07. The van der Waals surface area contributed by atoms with E-state index in [0.29, 0.717) is 0 Å². The van der Waals surface area contributed by atoms with Crippen LogP contribution in [0.3, 0.4) is 0 Å². The van der Waals surface area contributed by atoms with E-state index in [9.17, 15) is 9.59 Å². The highest BCUT2D eigenvalue weighted by Gasteiger charge is 2.55. The Morgan fingerprint density at radius 3 is 2.37 bits per heavy atom. The van der Waals surface area contributed by atoms with Crippen LogP contribution >= 0.6 is 0 Å². The van der Waals surface area contributed by atoms with Gasteiger partial charge in [0.2, 0.25) is 0 Å². The maximum absolute atomic E-state index is 13.7. The van der Waals surface area contributed by atoms with Crippen LogP contribution in [0, 0.1) is 11.8 Å². The molecule has 3 aromatic rings. The zero-order valence-corrected chi connectivity index (χ0v) is 24.5. The van der Waals surface area contributed by atoms with Gasteiger partial charge >= 0.3 is 5.69 Å². The summed E-state index contributed by atoms with van der Waals surface area (Å²) in [5.74, 6) is 5.48. The Hall–Kier alpha value is -3.95. The molecule has 1 aliphatic rings. The molecule has 0 saturated carbocycles. The molecular weight excluding hydrogens is 540 g/mol. The van der Waals surface area contributed by atoms with E-state index in [1.54, 1.807) is 0 Å². The smallest absolute Gasteiger partial charge is 0.330 e. The van der Waals surface area contributed by atoms with E-state index >= 15 is 0 Å². The first-order chi connectivity index (χ1) is 19.7. The number of ether oxygens (including phenoxy) is 3. The summed E-state index contributed by atoms with van der Waals surface area (Å²) < 4.78 is 20.6. The standard InChI is InChI=1S/C29H34N6O5Si/c1-28(2,3)39-19-25-24(38-20-32-34-31)17-29(40-25,35-18-21(11-10-16-30)26(36)33-27(35)37)41(22-12-6-4-7-13-22)23-14-8-5-9-15-23/h4-9,12-15,18,24-25,41H,16-17,19-20,30H2,1-3H3,(H,33,36,37)/t24-,25+,29-/m0/s1. The zero-order chi connectivity index (χ0) is 29.5. The Morgan fingerprint density at radius 1 is 1.17 bits per heavy atom. The van der Waals surface area contributed by atoms with Crippen molar-refractivity contribution in [1.82, 2.24) is 9.55 Å². The Kier molecular flexibility index (Phi) is 9.62. The van der Waals surface area contributed by atoms with E-state index in [-0.39, 0.29) is 31.9 Å². The molecule has 41 heavy (non-hydrogen) atoms. The van der Waals surface area contributed by atoms with Gasteiger partial charge in [-0.3, -0.25) is 14.3 Å². The lowest BCUT2D eigenvalue weighted by Gasteiger charge is -2.38. The number of rotatable bonds is 9. The van der Waals surface area contributed by atoms with Gasteiger partial charge in [-0.1, -0.05) is 88.0 Å². The molecule has 1 saturated heterocycles. The van der Waals surface area contributed by atoms with Crippen molar-refractivity contribution in [3.05, 3.63) is 104 Å². The second-order valence-electron chi connectivity index (χ2n) is 10.6. The Balaban J connectivity index is 1.99. The summed E-state index contributed by atoms with van der Waals surface area (Å²) >= 11 is 0. The zero-order valence-electron chi connectivity index (χ0n) is 23.3. The van der Waals surface area contributed by atoms with Gasteiger partial charge in [0, 0.05) is 17.5 Å². The molecule has 3 atom stereocenters. The fourth-order valence-corrected chi connectivity index (χ4v) is 8.96. The fraction of sp³-hybridized carbons (Fsp3) is 0.379. The number of H-pyrrole nitrogens is 1. The number of hydrogen-bond donors (Lipinski definition) is 2. The maximum Gasteiger partial charge on any atom is 0.330 e. The van der Waals surface area contributed by atoms with E-state index in [4.69, 9.17) is 25.5 Å². The topological polar surface area (TPSA) is 157 Å². The van der Waals surface area contributed by atoms with Gasteiger partial charge in [-0.15, -0.1) is 0 Å². The van der Waals surface area contributed by atoms with Crippen molar-refractivity contribution in [1.29, 1.82) is 0 Å². The molecule has 1 aliphatic heterocycles. The van der Waals surface area contributed by atoms with Crippen LogP contribution in [0.5, 0.6) is 0 Å². The third kappa shape index (κ3) is 7.04. The predicted molar refractivity (Wildman–Crippen MR) is 159 cm³/mol. The van der Waals surface area contributed by atoms with Crippen LogP contribution < -0.4 is 27.4 Å². The van der Waals surface area contributed by atoms with E-state index in [1.807, 2.05) is 81.4 Å². The third-order valence-corrected chi connectivity index (χ3v) is 10.4. The van der Waals surface area contributed by atoms with Gasteiger partial charge in [-0.05, 0) is 26.3 Å². The van der Waals surface area contributed by atoms with Gasteiger partial charge in [0.25, 0.3) is 5.56 Å². The second-order valence-corrected chi connectivity index (χ2v) is 13.7. The number of nitrogens with two attached hydrogens (primary N) is 1. The van der Waals surface area contributed by atoms with Gasteiger partial charge in [0.15, 0.2) is 8.80 Å². The molecule has 0 aliphatic carbocycles. The summed E-state index contributed by atoms with van der Waals surface area (Å²) in [4.78, 5) is 31.6. The molecular formula is C29H34N6O5Si. The van der Waals surface area contributed by atoms with Crippen LogP contribution in [-0.4, -0.2) is 56.0 Å². The van der Waals surface area contributed by atoms with Crippen LogP contribution in [0.1, 0.15) is 32.8 Å². The molecule has 1 aromatic heterocycles. The molecule has 2 heterocycles. The highest BCUT2D eigenvalue weighted by atomic mass is 28.3. The van der Waals surface area contributed by atoms with Gasteiger partial charge in [-0.25, -0.2) is 4.79 Å². The molecule has 4 rings (SSSR count). The molecule has 0 spiro atoms. The highest BCUT2D eigenvalue weighted by Crippen LogP contribution is 2.39. The van der Waals surface area contributed by atoms with Gasteiger partial charge in [-0.2, -0.15) is 0 Å². The molecule has 12 heteroatoms. The first-order valence-electron chi connectivity index (χ1n) is 13.3. The van der Waals surface area contributed by atoms with Crippen LogP contribution in [0.2, 0.25) is 0 Å². The minimum absolute atomic E-state index is 0.0488. The van der Waals surface area contributed by atoms with Crippen LogP contribution in [0.15, 0.2) is 81.6 Å². The molecule has 2 aromatic carbocycles. The van der Waals surface area contributed by atoms with Crippen LogP contribution in [-0.2, 0) is 19.6 Å². The first-order valence-corrected chi connectivity index (χ1v) is 15.0. The SMILES string of the molecule is CC(C)(C)OC[C@H]1O[C@](n2cc(C#CCN)c(=O)[nH]c2=O)([SiH](c2ccccc2)c2ccccc2)C[C@@H]1OCN=[N+]=[N-]. The number of nitrogens with one attached hydrogen (secondary N) is 1. The van der Waals surface area contributed by atoms with Crippen molar-refractivity contribution < 1.29 is 14.2 Å². The van der Waals surface area contributed by atoms with E-state index in [1.165, 1.54) is 10.8 Å². The van der Waals surface area contributed by atoms with E-state index < -0.39 is 43.2 Å². The normalized spacial score (nSPS) is 20.3. The van der Waals surface area contributed by atoms with Crippen molar-refractivity contribution in [2.24, 2.45) is 10.8 Å². The van der Waals surface area contributed by atoms with E-state index in [0.717, 1.165) is 10.4 Å². The van der Waals surface area contributed by atoms with Gasteiger partial charge in [0.05, 0.1) is 24.9 Å². The summed E-state index contributed by atoms with van der Waals surface area (Å²) in [5, 5.41) is 4.32. The van der Waals surface area contributed by atoms with Crippen molar-refractivity contribution in [3.63, 3.8) is 0 Å². The first kappa shape index (κ1) is 30.0. The maximum atomic E-state index is 13.7. The Labute approximate surface area is 239 Å². The summed E-state index contributed by atoms with van der Waals surface area (Å²) in [5.41, 5.74) is 12.8. The molecule has 1 fully saturated rings. The average Bonchev–Trinajstić information content (AvgIpc) is 3.31. The van der Waals surface area contributed by atoms with Crippen molar-refractivity contribution in [2.75, 3.05) is 19.9 Å². The van der Waals surface area contributed by atoms with Crippen LogP contribution in [0.4, 0.5) is 0 Å². The molecule has 11 nitrogen and oxygen atoms in total.